The van der Waals surface area contributed by atoms with Crippen LogP contribution >= 0.6 is 11.8 Å². The first kappa shape index (κ1) is 25.5. The first-order valence-corrected chi connectivity index (χ1v) is 13.2. The largest absolute Gasteiger partial charge is 0.496 e. The van der Waals surface area contributed by atoms with E-state index in [9.17, 15) is 4.79 Å². The predicted molar refractivity (Wildman–Crippen MR) is 141 cm³/mol. The molecular weight excluding hydrogens is 460 g/mol. The van der Waals surface area contributed by atoms with Crippen LogP contribution in [0.5, 0.6) is 5.75 Å². The van der Waals surface area contributed by atoms with Crippen LogP contribution in [0.25, 0.3) is 0 Å². The van der Waals surface area contributed by atoms with E-state index >= 15 is 0 Å². The minimum absolute atomic E-state index is 0.124. The summed E-state index contributed by atoms with van der Waals surface area (Å²) in [6.45, 7) is 11.1. The van der Waals surface area contributed by atoms with Crippen LogP contribution in [0.3, 0.4) is 0 Å². The quantitative estimate of drug-likeness (QED) is 0.201. The van der Waals surface area contributed by atoms with E-state index in [0.717, 1.165) is 42.8 Å². The highest BCUT2D eigenvalue weighted by Gasteiger charge is 2.50. The molecule has 0 amide bonds. The second-order valence-corrected chi connectivity index (χ2v) is 10.9. The molecule has 1 aromatic carbocycles. The van der Waals surface area contributed by atoms with Gasteiger partial charge in [-0.15, -0.1) is 11.8 Å². The maximum atomic E-state index is 12.3. The smallest absolute Gasteiger partial charge is 0.192 e. The third-order valence-corrected chi connectivity index (χ3v) is 8.49. The van der Waals surface area contributed by atoms with Crippen LogP contribution in [0.15, 0.2) is 40.6 Å². The minimum Gasteiger partial charge on any atom is -0.496 e. The summed E-state index contributed by atoms with van der Waals surface area (Å²) in [7, 11) is 3.49. The molecule has 7 nitrogen and oxygen atoms in total. The molecule has 188 valence electrons. The molecule has 0 unspecified atom stereocenters. The lowest BCUT2D eigenvalue weighted by molar-refractivity contribution is -0.00350. The van der Waals surface area contributed by atoms with Crippen molar-refractivity contribution in [3.8, 4) is 5.75 Å². The van der Waals surface area contributed by atoms with E-state index in [2.05, 4.69) is 28.6 Å². The second-order valence-electron chi connectivity index (χ2n) is 9.75. The van der Waals surface area contributed by atoms with Gasteiger partial charge in [0.25, 0.3) is 0 Å². The number of hydrogen-bond donors (Lipinski definition) is 1. The van der Waals surface area contributed by atoms with Gasteiger partial charge in [-0.3, -0.25) is 10.2 Å². The first-order chi connectivity index (χ1) is 16.8. The molecule has 2 saturated heterocycles. The molecule has 0 spiro atoms. The number of amidine groups is 1. The average molecular weight is 497 g/mol. The van der Waals surface area contributed by atoms with E-state index in [1.807, 2.05) is 27.0 Å². The summed E-state index contributed by atoms with van der Waals surface area (Å²) in [4.78, 5) is 20.7. The van der Waals surface area contributed by atoms with Gasteiger partial charge >= 0.3 is 0 Å². The Morgan fingerprint density at radius 2 is 2.20 bits per heavy atom. The molecule has 1 saturated carbocycles. The number of fused-ring (bicyclic) bond motifs is 2. The normalized spacial score (nSPS) is 21.3. The first-order valence-electron chi connectivity index (χ1n) is 12.3. The number of hydrogen-bond acceptors (Lipinski definition) is 7. The van der Waals surface area contributed by atoms with Crippen molar-refractivity contribution in [1.29, 1.82) is 5.41 Å². The fraction of sp³-hybridized carbons (Fsp3) is 0.519. The van der Waals surface area contributed by atoms with Crippen LogP contribution in [-0.2, 0) is 5.41 Å². The van der Waals surface area contributed by atoms with E-state index in [1.165, 1.54) is 24.8 Å². The number of nitrogens with one attached hydrogen (secondary N) is 1. The Labute approximate surface area is 212 Å². The molecule has 5 rings (SSSR count). The Morgan fingerprint density at radius 1 is 1.43 bits per heavy atom. The number of ether oxygens (including phenoxy) is 1. The Balaban J connectivity index is 1.29. The molecule has 0 atom stereocenters. The van der Waals surface area contributed by atoms with Gasteiger partial charge in [-0.05, 0) is 56.3 Å². The molecule has 3 aliphatic rings. The van der Waals surface area contributed by atoms with Gasteiger partial charge in [-0.25, -0.2) is 4.98 Å². The third-order valence-electron chi connectivity index (χ3n) is 7.39. The molecule has 35 heavy (non-hydrogen) atoms. The minimum atomic E-state index is 0.124. The highest BCUT2D eigenvalue weighted by atomic mass is 32.2. The van der Waals surface area contributed by atoms with Gasteiger partial charge in [0.2, 0.25) is 0 Å². The van der Waals surface area contributed by atoms with Gasteiger partial charge in [0.15, 0.2) is 23.8 Å². The SMILES string of the molecule is C=C(SCCCN1CC2CC(c3ccc(C(=O)CC)c(OC)c3)(C2)C1)N(C)C(=N)c1ocnc1C. The fourth-order valence-electron chi connectivity index (χ4n) is 5.48. The number of ketones is 1. The molecule has 1 aliphatic carbocycles. The number of carbonyl (C=O) groups excluding carboxylic acids is 1. The van der Waals surface area contributed by atoms with Crippen molar-refractivity contribution in [2.75, 3.05) is 39.5 Å². The number of Topliss-reactive ketones (excluding diaryl/α,β-unsaturated/α-hetero) is 1. The average Bonchev–Trinajstić information content (AvgIpc) is 3.29. The monoisotopic (exact) mass is 496 g/mol. The lowest BCUT2D eigenvalue weighted by atomic mass is 9.55. The molecule has 2 aliphatic heterocycles. The number of rotatable bonds is 11. The van der Waals surface area contributed by atoms with Gasteiger partial charge in [0, 0.05) is 37.7 Å². The van der Waals surface area contributed by atoms with Gasteiger partial charge < -0.3 is 19.0 Å². The van der Waals surface area contributed by atoms with E-state index < -0.39 is 0 Å². The summed E-state index contributed by atoms with van der Waals surface area (Å²) in [5.74, 6) is 3.27. The van der Waals surface area contributed by atoms with Crippen LogP contribution in [0.2, 0.25) is 0 Å². The zero-order valence-corrected chi connectivity index (χ0v) is 22.0. The fourth-order valence-corrected chi connectivity index (χ4v) is 6.28. The molecular formula is C27H36N4O3S. The number of aryl methyl sites for hydroxylation is 1. The highest BCUT2D eigenvalue weighted by molar-refractivity contribution is 8.02. The van der Waals surface area contributed by atoms with Crippen LogP contribution in [0, 0.1) is 18.3 Å². The lowest BCUT2D eigenvalue weighted by Gasteiger charge is -2.57. The van der Waals surface area contributed by atoms with Crippen LogP contribution < -0.4 is 4.74 Å². The van der Waals surface area contributed by atoms with Crippen molar-refractivity contribution in [2.45, 2.75) is 44.9 Å². The maximum Gasteiger partial charge on any atom is 0.192 e. The molecule has 2 bridgehead atoms. The zero-order valence-electron chi connectivity index (χ0n) is 21.2. The van der Waals surface area contributed by atoms with E-state index in [-0.39, 0.29) is 17.0 Å². The van der Waals surface area contributed by atoms with E-state index in [0.29, 0.717) is 29.2 Å². The molecule has 0 radical (unpaired) electrons. The molecule has 1 aromatic heterocycles. The predicted octanol–water partition coefficient (Wildman–Crippen LogP) is 5.10. The Bertz CT molecular complexity index is 1110. The summed E-state index contributed by atoms with van der Waals surface area (Å²) in [6.07, 6.45) is 5.34. The third kappa shape index (κ3) is 5.19. The molecule has 2 aromatic rings. The summed E-state index contributed by atoms with van der Waals surface area (Å²) < 4.78 is 10.9. The zero-order chi connectivity index (χ0) is 25.2. The summed E-state index contributed by atoms with van der Waals surface area (Å²) >= 11 is 1.68. The number of nitrogens with zero attached hydrogens (tertiary/aromatic N) is 3. The maximum absolute atomic E-state index is 12.3. The number of benzene rings is 1. The Kier molecular flexibility index (Phi) is 7.71. The molecule has 1 N–H and O–H groups in total. The van der Waals surface area contributed by atoms with Crippen molar-refractivity contribution in [2.24, 2.45) is 5.92 Å². The van der Waals surface area contributed by atoms with Gasteiger partial charge in [0.05, 0.1) is 23.4 Å². The number of carbonyl (C=O) groups is 1. The summed E-state index contributed by atoms with van der Waals surface area (Å²) in [5.41, 5.74) is 2.87. The van der Waals surface area contributed by atoms with Crippen LogP contribution in [0.4, 0.5) is 0 Å². The van der Waals surface area contributed by atoms with Gasteiger partial charge in [-0.2, -0.15) is 0 Å². The summed E-state index contributed by atoms with van der Waals surface area (Å²) in [6, 6.07) is 6.20. The van der Waals surface area contributed by atoms with Gasteiger partial charge in [-0.1, -0.05) is 19.6 Å². The standard InChI is InChI=1S/C27H36N4O3S/c1-6-23(32)22-9-8-21(12-24(22)33-5)27-13-20(14-27)15-31(16-27)10-7-11-35-19(3)30(4)26(28)25-18(2)29-17-34-25/h8-9,12,17,20,28H,3,6-7,10-11,13-16H2,1-2,4-5H3. The molecule has 8 heteroatoms. The van der Waals surface area contributed by atoms with Crippen LogP contribution in [0.1, 0.15) is 60.0 Å². The van der Waals surface area contributed by atoms with Crippen molar-refractivity contribution >= 4 is 23.4 Å². The van der Waals surface area contributed by atoms with Crippen molar-refractivity contribution in [1.82, 2.24) is 14.8 Å². The number of oxazole rings is 1. The number of aromatic nitrogens is 1. The molecule has 3 fully saturated rings. The van der Waals surface area contributed by atoms with Crippen molar-refractivity contribution in [3.05, 3.63) is 58.8 Å². The van der Waals surface area contributed by atoms with E-state index in [4.69, 9.17) is 14.6 Å². The highest BCUT2D eigenvalue weighted by Crippen LogP contribution is 2.52. The van der Waals surface area contributed by atoms with Crippen molar-refractivity contribution < 1.29 is 13.9 Å². The Morgan fingerprint density at radius 3 is 2.86 bits per heavy atom. The van der Waals surface area contributed by atoms with Gasteiger partial charge in [0.1, 0.15) is 5.75 Å². The second kappa shape index (κ2) is 10.6. The summed E-state index contributed by atoms with van der Waals surface area (Å²) in [5, 5.41) is 9.18. The lowest BCUT2D eigenvalue weighted by Crippen LogP contribution is -2.59. The number of methoxy groups -OCH3 is 1. The number of piperidine rings is 2. The topological polar surface area (TPSA) is 82.7 Å². The van der Waals surface area contributed by atoms with E-state index in [1.54, 1.807) is 23.8 Å². The van der Waals surface area contributed by atoms with Crippen molar-refractivity contribution in [3.63, 3.8) is 0 Å². The molecule has 3 heterocycles. The van der Waals surface area contributed by atoms with Crippen LogP contribution in [-0.4, -0.2) is 65.9 Å². The number of thioether (sulfide) groups is 1. The Hall–Kier alpha value is -2.58.